The highest BCUT2D eigenvalue weighted by atomic mass is 16.5. The molecule has 7 nitrogen and oxygen atoms in total. The molecule has 0 aromatic heterocycles. The summed E-state index contributed by atoms with van der Waals surface area (Å²) in [5.41, 5.74) is 6.54. The van der Waals surface area contributed by atoms with Crippen molar-refractivity contribution in [2.45, 2.75) is 19.4 Å². The van der Waals surface area contributed by atoms with Gasteiger partial charge in [0.15, 0.2) is 5.84 Å². The average Bonchev–Trinajstić information content (AvgIpc) is 2.93. The smallest absolute Gasteiger partial charge is 0.253 e. The predicted molar refractivity (Wildman–Crippen MR) is 77.7 cm³/mol. The van der Waals surface area contributed by atoms with Crippen LogP contribution in [0, 0.1) is 5.92 Å². The van der Waals surface area contributed by atoms with E-state index in [1.807, 2.05) is 6.92 Å². The maximum absolute atomic E-state index is 12.2. The van der Waals surface area contributed by atoms with Crippen molar-refractivity contribution < 1.29 is 19.5 Å². The highest BCUT2D eigenvalue weighted by Crippen LogP contribution is 2.27. The first-order chi connectivity index (χ1) is 10.1. The van der Waals surface area contributed by atoms with E-state index in [0.29, 0.717) is 23.6 Å². The second-order valence-electron chi connectivity index (χ2n) is 4.95. The molecule has 4 N–H and O–H groups in total. The fourth-order valence-corrected chi connectivity index (χ4v) is 2.25. The Morgan fingerprint density at radius 3 is 2.90 bits per heavy atom. The number of ether oxygens (including phenoxy) is 2. The van der Waals surface area contributed by atoms with E-state index >= 15 is 0 Å². The van der Waals surface area contributed by atoms with Gasteiger partial charge in [-0.25, -0.2) is 0 Å². The molecule has 1 saturated heterocycles. The summed E-state index contributed by atoms with van der Waals surface area (Å²) in [6.07, 6.45) is 0.427. The zero-order chi connectivity index (χ0) is 15.4. The third-order valence-electron chi connectivity index (χ3n) is 3.51. The summed E-state index contributed by atoms with van der Waals surface area (Å²) in [5, 5.41) is 14.4. The largest absolute Gasteiger partial charge is 0.495 e. The Morgan fingerprint density at radius 2 is 2.33 bits per heavy atom. The molecule has 0 aliphatic carbocycles. The van der Waals surface area contributed by atoms with Gasteiger partial charge < -0.3 is 25.7 Å². The number of nitrogens with two attached hydrogens (primary N) is 1. The van der Waals surface area contributed by atoms with Gasteiger partial charge in [-0.2, -0.15) is 0 Å². The number of nitrogens with one attached hydrogen (secondary N) is 1. The summed E-state index contributed by atoms with van der Waals surface area (Å²) < 4.78 is 10.7. The first-order valence-electron chi connectivity index (χ1n) is 6.65. The van der Waals surface area contributed by atoms with Gasteiger partial charge in [0.25, 0.3) is 5.91 Å². The van der Waals surface area contributed by atoms with E-state index in [1.54, 1.807) is 18.2 Å². The number of amidine groups is 1. The molecule has 0 radical (unpaired) electrons. The Morgan fingerprint density at radius 1 is 1.57 bits per heavy atom. The topological polar surface area (TPSA) is 106 Å². The Kier molecular flexibility index (Phi) is 4.64. The van der Waals surface area contributed by atoms with Crippen LogP contribution in [0.25, 0.3) is 0 Å². The van der Waals surface area contributed by atoms with Crippen molar-refractivity contribution in [3.8, 4) is 5.75 Å². The number of hydrogen-bond acceptors (Lipinski definition) is 5. The third kappa shape index (κ3) is 3.25. The van der Waals surface area contributed by atoms with Gasteiger partial charge >= 0.3 is 0 Å². The van der Waals surface area contributed by atoms with Crippen molar-refractivity contribution in [1.82, 2.24) is 0 Å². The number of carbonyl (C=O) groups is 1. The zero-order valence-electron chi connectivity index (χ0n) is 12.0. The van der Waals surface area contributed by atoms with Gasteiger partial charge in [-0.1, -0.05) is 12.1 Å². The lowest BCUT2D eigenvalue weighted by atomic mass is 10.0. The van der Waals surface area contributed by atoms with Gasteiger partial charge in [0.1, 0.15) is 11.9 Å². The highest BCUT2D eigenvalue weighted by molar-refractivity contribution is 6.00. The normalized spacial score (nSPS) is 22.1. The molecule has 0 spiro atoms. The minimum atomic E-state index is -0.446. The van der Waals surface area contributed by atoms with Gasteiger partial charge in [0, 0.05) is 12.2 Å². The quantitative estimate of drug-likeness (QED) is 0.334. The number of rotatable bonds is 4. The van der Waals surface area contributed by atoms with Crippen molar-refractivity contribution in [2.75, 3.05) is 19.0 Å². The minimum Gasteiger partial charge on any atom is -0.495 e. The summed E-state index contributed by atoms with van der Waals surface area (Å²) in [7, 11) is 1.48. The number of methoxy groups -OCH3 is 1. The van der Waals surface area contributed by atoms with E-state index in [4.69, 9.17) is 20.4 Å². The number of carbonyl (C=O) groups excluding carboxylic acids is 1. The molecule has 2 unspecified atom stereocenters. The van der Waals surface area contributed by atoms with Crippen LogP contribution in [-0.2, 0) is 9.53 Å². The average molecular weight is 293 g/mol. The van der Waals surface area contributed by atoms with E-state index in [0.717, 1.165) is 6.42 Å². The van der Waals surface area contributed by atoms with Crippen LogP contribution in [0.15, 0.2) is 23.4 Å². The lowest BCUT2D eigenvalue weighted by Gasteiger charge is -2.16. The molecule has 1 fully saturated rings. The van der Waals surface area contributed by atoms with Crippen molar-refractivity contribution in [2.24, 2.45) is 16.8 Å². The van der Waals surface area contributed by atoms with Crippen LogP contribution in [0.1, 0.15) is 18.9 Å². The van der Waals surface area contributed by atoms with Crippen LogP contribution in [0.4, 0.5) is 5.69 Å². The molecule has 2 atom stereocenters. The molecule has 7 heteroatoms. The molecule has 0 bridgehead atoms. The van der Waals surface area contributed by atoms with E-state index in [2.05, 4.69) is 10.5 Å². The SMILES string of the molecule is COc1cc(/C(N)=N/O)ccc1NC(=O)C1OCCC1C. The molecule has 1 aliphatic heterocycles. The van der Waals surface area contributed by atoms with E-state index in [9.17, 15) is 4.79 Å². The molecule has 2 rings (SSSR count). The number of benzene rings is 1. The number of hydrogen-bond donors (Lipinski definition) is 3. The standard InChI is InChI=1S/C14H19N3O4/c1-8-5-6-21-12(8)14(18)16-10-4-3-9(13(15)17-19)7-11(10)20-2/h3-4,7-8,12,19H,5-6H2,1-2H3,(H2,15,17)(H,16,18). The molecule has 1 aromatic rings. The molecule has 114 valence electrons. The lowest BCUT2D eigenvalue weighted by Crippen LogP contribution is -2.31. The molecule has 0 saturated carbocycles. The van der Waals surface area contributed by atoms with Crippen molar-refractivity contribution in [3.63, 3.8) is 0 Å². The Bertz CT molecular complexity index is 559. The summed E-state index contributed by atoms with van der Waals surface area (Å²) in [6, 6.07) is 4.86. The molecule has 1 aliphatic rings. The first kappa shape index (κ1) is 15.1. The van der Waals surface area contributed by atoms with Crippen molar-refractivity contribution in [3.05, 3.63) is 23.8 Å². The summed E-state index contributed by atoms with van der Waals surface area (Å²) in [4.78, 5) is 12.2. The number of oxime groups is 1. The van der Waals surface area contributed by atoms with Crippen LogP contribution >= 0.6 is 0 Å². The molecular weight excluding hydrogens is 274 g/mol. The van der Waals surface area contributed by atoms with Crippen LogP contribution in [0.2, 0.25) is 0 Å². The molecular formula is C14H19N3O4. The maximum Gasteiger partial charge on any atom is 0.253 e. The Balaban J connectivity index is 2.18. The fraction of sp³-hybridized carbons (Fsp3) is 0.429. The molecule has 1 aromatic carbocycles. The number of anilines is 1. The second kappa shape index (κ2) is 6.45. The molecule has 1 heterocycles. The number of nitrogens with zero attached hydrogens (tertiary/aromatic N) is 1. The van der Waals surface area contributed by atoms with E-state index < -0.39 is 6.10 Å². The van der Waals surface area contributed by atoms with E-state index in [1.165, 1.54) is 7.11 Å². The van der Waals surface area contributed by atoms with Crippen LogP contribution in [-0.4, -0.2) is 36.8 Å². The van der Waals surface area contributed by atoms with Crippen LogP contribution < -0.4 is 15.8 Å². The summed E-state index contributed by atoms with van der Waals surface area (Å²) in [6.45, 7) is 2.58. The predicted octanol–water partition coefficient (Wildman–Crippen LogP) is 1.15. The second-order valence-corrected chi connectivity index (χ2v) is 4.95. The molecule has 21 heavy (non-hydrogen) atoms. The minimum absolute atomic E-state index is 0.0288. The maximum atomic E-state index is 12.2. The van der Waals surface area contributed by atoms with Crippen LogP contribution in [0.5, 0.6) is 5.75 Å². The lowest BCUT2D eigenvalue weighted by molar-refractivity contribution is -0.126. The Labute approximate surface area is 122 Å². The van der Waals surface area contributed by atoms with Crippen molar-refractivity contribution in [1.29, 1.82) is 0 Å². The summed E-state index contributed by atoms with van der Waals surface area (Å²) in [5.74, 6) is 0.388. The zero-order valence-corrected chi connectivity index (χ0v) is 12.0. The van der Waals surface area contributed by atoms with Gasteiger partial charge in [0.2, 0.25) is 0 Å². The van der Waals surface area contributed by atoms with Gasteiger partial charge in [0.05, 0.1) is 12.8 Å². The van der Waals surface area contributed by atoms with Crippen LogP contribution in [0.3, 0.4) is 0 Å². The first-order valence-corrected chi connectivity index (χ1v) is 6.65. The molecule has 1 amide bonds. The monoisotopic (exact) mass is 293 g/mol. The number of amides is 1. The summed E-state index contributed by atoms with van der Waals surface area (Å²) >= 11 is 0. The fourth-order valence-electron chi connectivity index (χ4n) is 2.25. The van der Waals surface area contributed by atoms with Gasteiger partial charge in [-0.05, 0) is 30.5 Å². The highest BCUT2D eigenvalue weighted by Gasteiger charge is 2.31. The van der Waals surface area contributed by atoms with Crippen molar-refractivity contribution >= 4 is 17.4 Å². The third-order valence-corrected chi connectivity index (χ3v) is 3.51. The van der Waals surface area contributed by atoms with Gasteiger partial charge in [-0.15, -0.1) is 0 Å². The Hall–Kier alpha value is -2.28. The van der Waals surface area contributed by atoms with E-state index in [-0.39, 0.29) is 17.7 Å². The van der Waals surface area contributed by atoms with Gasteiger partial charge in [-0.3, -0.25) is 4.79 Å².